The third-order valence-electron chi connectivity index (χ3n) is 3.45. The van der Waals surface area contributed by atoms with E-state index < -0.39 is 11.8 Å². The summed E-state index contributed by atoms with van der Waals surface area (Å²) in [4.78, 5) is 22.9. The van der Waals surface area contributed by atoms with Crippen LogP contribution in [0.1, 0.15) is 24.1 Å². The normalized spacial score (nSPS) is 11.6. The minimum Gasteiger partial charge on any atom is -0.351 e. The van der Waals surface area contributed by atoms with Crippen molar-refractivity contribution < 1.29 is 14.0 Å². The fraction of sp³-hybridized carbons (Fsp3) is 0.176. The quantitative estimate of drug-likeness (QED) is 0.773. The Labute approximate surface area is 144 Å². The molecule has 126 valence electrons. The molecule has 5 nitrogen and oxygen atoms in total. The standard InChI is InChI=1S/C17H17ClFN3O2/c1-10(11-5-7-12(8-6-11)22-17(20)24)21-16(23)9-13-14(18)3-2-4-15(13)19/h2-8,10H,9H2,1H3,(H,21,23)(H3,20,22,24). The van der Waals surface area contributed by atoms with Gasteiger partial charge in [-0.25, -0.2) is 9.18 Å². The van der Waals surface area contributed by atoms with Crippen LogP contribution >= 0.6 is 11.6 Å². The molecule has 0 heterocycles. The van der Waals surface area contributed by atoms with Gasteiger partial charge >= 0.3 is 6.03 Å². The molecule has 0 aliphatic carbocycles. The second-order valence-corrected chi connectivity index (χ2v) is 5.68. The van der Waals surface area contributed by atoms with Crippen molar-refractivity contribution in [2.24, 2.45) is 5.73 Å². The van der Waals surface area contributed by atoms with Crippen molar-refractivity contribution in [1.82, 2.24) is 5.32 Å². The van der Waals surface area contributed by atoms with Crippen molar-refractivity contribution >= 4 is 29.2 Å². The van der Waals surface area contributed by atoms with Gasteiger partial charge in [-0.1, -0.05) is 29.8 Å². The summed E-state index contributed by atoms with van der Waals surface area (Å²) in [5.74, 6) is -0.846. The van der Waals surface area contributed by atoms with Gasteiger partial charge in [-0.2, -0.15) is 0 Å². The minimum absolute atomic E-state index is 0.142. The Bertz CT molecular complexity index is 730. The molecule has 0 saturated carbocycles. The largest absolute Gasteiger partial charge is 0.351 e. The van der Waals surface area contributed by atoms with Crippen LogP contribution in [0.15, 0.2) is 42.5 Å². The predicted molar refractivity (Wildman–Crippen MR) is 91.3 cm³/mol. The summed E-state index contributed by atoms with van der Waals surface area (Å²) in [6.45, 7) is 1.80. The van der Waals surface area contributed by atoms with Gasteiger partial charge in [-0.15, -0.1) is 0 Å². The number of benzene rings is 2. The van der Waals surface area contributed by atoms with Crippen LogP contribution in [0.4, 0.5) is 14.9 Å². The summed E-state index contributed by atoms with van der Waals surface area (Å²) in [5, 5.41) is 5.46. The van der Waals surface area contributed by atoms with E-state index in [4.69, 9.17) is 17.3 Å². The van der Waals surface area contributed by atoms with Gasteiger partial charge in [0.1, 0.15) is 5.82 Å². The highest BCUT2D eigenvalue weighted by Crippen LogP contribution is 2.20. The zero-order valence-electron chi connectivity index (χ0n) is 13.0. The summed E-state index contributed by atoms with van der Waals surface area (Å²) in [5.41, 5.74) is 6.60. The van der Waals surface area contributed by atoms with E-state index >= 15 is 0 Å². The van der Waals surface area contributed by atoms with Crippen molar-refractivity contribution in [2.75, 3.05) is 5.32 Å². The highest BCUT2D eigenvalue weighted by Gasteiger charge is 2.14. The molecule has 2 rings (SSSR count). The molecule has 0 radical (unpaired) electrons. The summed E-state index contributed by atoms with van der Waals surface area (Å²) in [7, 11) is 0. The zero-order valence-corrected chi connectivity index (χ0v) is 13.7. The van der Waals surface area contributed by atoms with Gasteiger partial charge in [0.2, 0.25) is 5.91 Å². The predicted octanol–water partition coefficient (Wildman–Crippen LogP) is 3.39. The van der Waals surface area contributed by atoms with E-state index in [1.54, 1.807) is 37.3 Å². The zero-order chi connectivity index (χ0) is 17.7. The van der Waals surface area contributed by atoms with E-state index in [-0.39, 0.29) is 29.0 Å². The highest BCUT2D eigenvalue weighted by atomic mass is 35.5. The molecule has 0 aromatic heterocycles. The van der Waals surface area contributed by atoms with Crippen LogP contribution in [0, 0.1) is 5.82 Å². The number of amides is 3. The molecule has 7 heteroatoms. The topological polar surface area (TPSA) is 84.2 Å². The molecule has 2 aromatic carbocycles. The molecule has 4 N–H and O–H groups in total. The van der Waals surface area contributed by atoms with Gasteiger partial charge in [0.25, 0.3) is 0 Å². The number of carbonyl (C=O) groups is 2. The molecule has 1 atom stereocenters. The average Bonchev–Trinajstić information content (AvgIpc) is 2.51. The van der Waals surface area contributed by atoms with Crippen LogP contribution in [-0.2, 0) is 11.2 Å². The summed E-state index contributed by atoms with van der Waals surface area (Å²) in [6.07, 6.45) is -0.142. The average molecular weight is 350 g/mol. The van der Waals surface area contributed by atoms with Crippen LogP contribution in [0.2, 0.25) is 5.02 Å². The molecule has 1 unspecified atom stereocenters. The fourth-order valence-electron chi connectivity index (χ4n) is 2.24. The number of hydrogen-bond acceptors (Lipinski definition) is 2. The molecular weight excluding hydrogens is 333 g/mol. The Kier molecular flexibility index (Phi) is 5.76. The number of hydrogen-bond donors (Lipinski definition) is 3. The first-order valence-corrected chi connectivity index (χ1v) is 7.63. The molecule has 0 saturated heterocycles. The molecule has 3 amide bonds. The number of nitrogens with two attached hydrogens (primary N) is 1. The maximum atomic E-state index is 13.7. The maximum Gasteiger partial charge on any atom is 0.316 e. The van der Waals surface area contributed by atoms with E-state index in [1.165, 1.54) is 12.1 Å². The number of anilines is 1. The SMILES string of the molecule is CC(NC(=O)Cc1c(F)cccc1Cl)c1ccc(NC(N)=O)cc1. The first-order chi connectivity index (χ1) is 11.4. The molecule has 0 spiro atoms. The number of halogens is 2. The van der Waals surface area contributed by atoms with Crippen LogP contribution in [0.3, 0.4) is 0 Å². The van der Waals surface area contributed by atoms with Crippen molar-refractivity contribution in [3.63, 3.8) is 0 Å². The minimum atomic E-state index is -0.647. The van der Waals surface area contributed by atoms with Gasteiger partial charge in [-0.05, 0) is 36.8 Å². The Hall–Kier alpha value is -2.60. The third kappa shape index (κ3) is 4.70. The lowest BCUT2D eigenvalue weighted by Crippen LogP contribution is -2.28. The summed E-state index contributed by atoms with van der Waals surface area (Å²) < 4.78 is 13.7. The number of nitrogens with one attached hydrogen (secondary N) is 2. The molecule has 0 fully saturated rings. The number of primary amides is 1. The van der Waals surface area contributed by atoms with Crippen molar-refractivity contribution in [3.05, 3.63) is 64.4 Å². The van der Waals surface area contributed by atoms with Crippen molar-refractivity contribution in [3.8, 4) is 0 Å². The van der Waals surface area contributed by atoms with Gasteiger partial charge in [0.15, 0.2) is 0 Å². The van der Waals surface area contributed by atoms with E-state index in [0.717, 1.165) is 5.56 Å². The van der Waals surface area contributed by atoms with Gasteiger partial charge < -0.3 is 16.4 Å². The van der Waals surface area contributed by atoms with Gasteiger partial charge in [0.05, 0.1) is 12.5 Å². The molecule has 0 aliphatic rings. The second kappa shape index (κ2) is 7.79. The molecular formula is C17H17ClFN3O2. The van der Waals surface area contributed by atoms with Gasteiger partial charge in [0, 0.05) is 16.3 Å². The van der Waals surface area contributed by atoms with Crippen LogP contribution in [-0.4, -0.2) is 11.9 Å². The highest BCUT2D eigenvalue weighted by molar-refractivity contribution is 6.31. The summed E-state index contributed by atoms with van der Waals surface area (Å²) in [6, 6.07) is 10.2. The second-order valence-electron chi connectivity index (χ2n) is 5.28. The van der Waals surface area contributed by atoms with Crippen LogP contribution in [0.25, 0.3) is 0 Å². The lowest BCUT2D eigenvalue weighted by molar-refractivity contribution is -0.121. The van der Waals surface area contributed by atoms with Gasteiger partial charge in [-0.3, -0.25) is 4.79 Å². The Morgan fingerprint density at radius 2 is 1.88 bits per heavy atom. The number of rotatable bonds is 5. The monoisotopic (exact) mass is 349 g/mol. The summed E-state index contributed by atoms with van der Waals surface area (Å²) >= 11 is 5.92. The van der Waals surface area contributed by atoms with Crippen molar-refractivity contribution in [1.29, 1.82) is 0 Å². The van der Waals surface area contributed by atoms with Crippen LogP contribution < -0.4 is 16.4 Å². The molecule has 0 bridgehead atoms. The Balaban J connectivity index is 1.99. The van der Waals surface area contributed by atoms with E-state index in [1.807, 2.05) is 0 Å². The number of carbonyl (C=O) groups excluding carboxylic acids is 2. The van der Waals surface area contributed by atoms with E-state index in [0.29, 0.717) is 5.69 Å². The Morgan fingerprint density at radius 3 is 2.46 bits per heavy atom. The smallest absolute Gasteiger partial charge is 0.316 e. The lowest BCUT2D eigenvalue weighted by atomic mass is 10.1. The Morgan fingerprint density at radius 1 is 1.21 bits per heavy atom. The molecule has 0 aliphatic heterocycles. The fourth-order valence-corrected chi connectivity index (χ4v) is 2.46. The maximum absolute atomic E-state index is 13.7. The van der Waals surface area contributed by atoms with E-state index in [9.17, 15) is 14.0 Å². The van der Waals surface area contributed by atoms with Crippen LogP contribution in [0.5, 0.6) is 0 Å². The number of urea groups is 1. The van der Waals surface area contributed by atoms with E-state index in [2.05, 4.69) is 10.6 Å². The molecule has 2 aromatic rings. The first kappa shape index (κ1) is 17.7. The third-order valence-corrected chi connectivity index (χ3v) is 3.81. The lowest BCUT2D eigenvalue weighted by Gasteiger charge is -2.15. The first-order valence-electron chi connectivity index (χ1n) is 7.25. The molecule has 24 heavy (non-hydrogen) atoms. The van der Waals surface area contributed by atoms with Crippen molar-refractivity contribution in [2.45, 2.75) is 19.4 Å².